The van der Waals surface area contributed by atoms with Gasteiger partial charge in [-0.2, -0.15) is 0 Å². The second-order valence-corrected chi connectivity index (χ2v) is 10.5. The first-order chi connectivity index (χ1) is 15.0. The SMILES string of the molecule is Cc1cc(Br)c2c(c1)[C@]1(O[C@@H](CCn3cc(CCO)nn3)[C@H](C(C)(C)O)[C@H]1C)C(=O)N2C. The Kier molecular flexibility index (Phi) is 5.98. The number of nitrogens with zero attached hydrogens (tertiary/aromatic N) is 4. The van der Waals surface area contributed by atoms with Gasteiger partial charge in [-0.3, -0.25) is 9.48 Å². The molecule has 2 aliphatic rings. The van der Waals surface area contributed by atoms with Gasteiger partial charge in [-0.1, -0.05) is 18.2 Å². The number of anilines is 1. The van der Waals surface area contributed by atoms with Crippen LogP contribution >= 0.6 is 15.9 Å². The standard InChI is InChI=1S/C23H31BrN4O4/c1-13-10-16-20(17(24)11-13)27(5)21(30)23(16)14(2)19(22(3,4)31)18(32-23)6-8-28-12-15(7-9-29)25-26-28/h10-12,14,18-19,29,31H,6-9H2,1-5H3/t14-,18+,19-,23+/m1/s1. The molecule has 174 valence electrons. The summed E-state index contributed by atoms with van der Waals surface area (Å²) in [5.41, 5.74) is 1.26. The zero-order valence-electron chi connectivity index (χ0n) is 19.2. The van der Waals surface area contributed by atoms with Crippen LogP contribution in [0.1, 0.15) is 44.0 Å². The molecular weight excluding hydrogens is 476 g/mol. The minimum Gasteiger partial charge on any atom is -0.396 e. The zero-order valence-corrected chi connectivity index (χ0v) is 20.8. The monoisotopic (exact) mass is 506 g/mol. The molecule has 0 saturated carbocycles. The average molecular weight is 507 g/mol. The second kappa shape index (κ2) is 8.20. The van der Waals surface area contributed by atoms with E-state index in [1.54, 1.807) is 30.5 Å². The minimum atomic E-state index is -1.14. The van der Waals surface area contributed by atoms with Gasteiger partial charge >= 0.3 is 0 Å². The highest BCUT2D eigenvalue weighted by molar-refractivity contribution is 9.10. The lowest BCUT2D eigenvalue weighted by molar-refractivity contribution is -0.145. The summed E-state index contributed by atoms with van der Waals surface area (Å²) >= 11 is 3.63. The highest BCUT2D eigenvalue weighted by Gasteiger charge is 2.65. The molecular formula is C23H31BrN4O4. The van der Waals surface area contributed by atoms with Gasteiger partial charge < -0.3 is 19.8 Å². The fourth-order valence-corrected chi connectivity index (χ4v) is 6.45. The third kappa shape index (κ3) is 3.59. The van der Waals surface area contributed by atoms with Crippen LogP contribution in [0.4, 0.5) is 5.69 Å². The Morgan fingerprint density at radius 3 is 2.72 bits per heavy atom. The van der Waals surface area contributed by atoms with Crippen molar-refractivity contribution >= 4 is 27.5 Å². The maximum absolute atomic E-state index is 13.7. The molecule has 1 aromatic heterocycles. The Morgan fingerprint density at radius 1 is 1.34 bits per heavy atom. The molecule has 4 rings (SSSR count). The van der Waals surface area contributed by atoms with E-state index in [9.17, 15) is 9.90 Å². The molecule has 1 amide bonds. The van der Waals surface area contributed by atoms with Gasteiger partial charge in [0.05, 0.1) is 23.1 Å². The Morgan fingerprint density at radius 2 is 2.06 bits per heavy atom. The minimum absolute atomic E-state index is 0.0231. The van der Waals surface area contributed by atoms with Gasteiger partial charge in [0.2, 0.25) is 0 Å². The van der Waals surface area contributed by atoms with Crippen molar-refractivity contribution in [3.05, 3.63) is 39.6 Å². The van der Waals surface area contributed by atoms with Crippen LogP contribution in [0.25, 0.3) is 0 Å². The van der Waals surface area contributed by atoms with E-state index in [0.717, 1.165) is 27.0 Å². The Hall–Kier alpha value is -1.81. The molecule has 4 atom stereocenters. The van der Waals surface area contributed by atoms with Crippen molar-refractivity contribution in [2.45, 2.75) is 64.4 Å². The summed E-state index contributed by atoms with van der Waals surface area (Å²) in [5.74, 6) is -0.599. The highest BCUT2D eigenvalue weighted by atomic mass is 79.9. The lowest BCUT2D eigenvalue weighted by atomic mass is 9.70. The molecule has 0 aliphatic carbocycles. The first-order valence-electron chi connectivity index (χ1n) is 11.0. The number of fused-ring (bicyclic) bond motifs is 2. The first kappa shape index (κ1) is 23.4. The van der Waals surface area contributed by atoms with Gasteiger partial charge in [-0.25, -0.2) is 0 Å². The number of ether oxygens (including phenoxy) is 1. The first-order valence-corrected chi connectivity index (χ1v) is 11.8. The van der Waals surface area contributed by atoms with Gasteiger partial charge in [0, 0.05) is 54.7 Å². The Labute approximate surface area is 196 Å². The van der Waals surface area contributed by atoms with Gasteiger partial charge in [0.1, 0.15) is 0 Å². The van der Waals surface area contributed by atoms with Gasteiger partial charge in [0.25, 0.3) is 5.91 Å². The number of halogens is 1. The third-order valence-corrected chi connectivity index (χ3v) is 7.50. The number of aryl methyl sites for hydroxylation is 2. The van der Waals surface area contributed by atoms with E-state index in [0.29, 0.717) is 19.4 Å². The highest BCUT2D eigenvalue weighted by Crippen LogP contribution is 2.58. The molecule has 0 bridgehead atoms. The van der Waals surface area contributed by atoms with Crippen LogP contribution in [-0.2, 0) is 28.1 Å². The molecule has 3 heterocycles. The van der Waals surface area contributed by atoms with E-state index in [1.807, 2.05) is 32.2 Å². The van der Waals surface area contributed by atoms with Crippen molar-refractivity contribution in [3.63, 3.8) is 0 Å². The number of aromatic nitrogens is 3. The molecule has 0 radical (unpaired) electrons. The van der Waals surface area contributed by atoms with Crippen LogP contribution in [0.3, 0.4) is 0 Å². The van der Waals surface area contributed by atoms with Gasteiger partial charge in [0.15, 0.2) is 5.60 Å². The number of aliphatic hydroxyl groups is 2. The number of carbonyl (C=O) groups excluding carboxylic acids is 1. The van der Waals surface area contributed by atoms with Crippen molar-refractivity contribution in [1.29, 1.82) is 0 Å². The maximum atomic E-state index is 13.7. The molecule has 1 spiro atoms. The van der Waals surface area contributed by atoms with Crippen molar-refractivity contribution in [2.75, 3.05) is 18.6 Å². The van der Waals surface area contributed by atoms with Crippen LogP contribution in [0, 0.1) is 18.8 Å². The summed E-state index contributed by atoms with van der Waals surface area (Å²) in [6, 6.07) is 4.03. The van der Waals surface area contributed by atoms with E-state index < -0.39 is 11.2 Å². The molecule has 1 aromatic carbocycles. The number of carbonyl (C=O) groups is 1. The fourth-order valence-electron chi connectivity index (χ4n) is 5.61. The normalized spacial score (nSPS) is 27.6. The maximum Gasteiger partial charge on any atom is 0.264 e. The summed E-state index contributed by atoms with van der Waals surface area (Å²) in [7, 11) is 1.77. The van der Waals surface area contributed by atoms with E-state index in [2.05, 4.69) is 26.2 Å². The number of hydrogen-bond acceptors (Lipinski definition) is 6. The number of aliphatic hydroxyl groups excluding tert-OH is 1. The number of benzene rings is 1. The molecule has 9 heteroatoms. The van der Waals surface area contributed by atoms with Gasteiger partial charge in [-0.15, -0.1) is 5.10 Å². The van der Waals surface area contributed by atoms with Crippen molar-refractivity contribution in [2.24, 2.45) is 11.8 Å². The number of likely N-dealkylation sites (N-methyl/N-ethyl adjacent to an activating group) is 1. The van der Waals surface area contributed by atoms with Crippen LogP contribution in [0.15, 0.2) is 22.8 Å². The smallest absolute Gasteiger partial charge is 0.264 e. The van der Waals surface area contributed by atoms with Gasteiger partial charge in [-0.05, 0) is 54.8 Å². The van der Waals surface area contributed by atoms with E-state index in [1.165, 1.54) is 0 Å². The largest absolute Gasteiger partial charge is 0.396 e. The number of amides is 1. The fraction of sp³-hybridized carbons (Fsp3) is 0.609. The van der Waals surface area contributed by atoms with Crippen LogP contribution in [-0.4, -0.2) is 56.5 Å². The predicted octanol–water partition coefficient (Wildman–Crippen LogP) is 2.57. The molecule has 0 unspecified atom stereocenters. The van der Waals surface area contributed by atoms with E-state index in [-0.39, 0.29) is 30.5 Å². The third-order valence-electron chi connectivity index (χ3n) is 6.90. The van der Waals surface area contributed by atoms with E-state index >= 15 is 0 Å². The summed E-state index contributed by atoms with van der Waals surface area (Å²) < 4.78 is 9.27. The van der Waals surface area contributed by atoms with E-state index in [4.69, 9.17) is 9.84 Å². The van der Waals surface area contributed by atoms with Crippen LogP contribution in [0.5, 0.6) is 0 Å². The number of hydrogen-bond donors (Lipinski definition) is 2. The van der Waals surface area contributed by atoms with Crippen molar-refractivity contribution in [1.82, 2.24) is 15.0 Å². The second-order valence-electron chi connectivity index (χ2n) is 9.60. The molecule has 32 heavy (non-hydrogen) atoms. The lowest BCUT2D eigenvalue weighted by Gasteiger charge is -2.34. The summed E-state index contributed by atoms with van der Waals surface area (Å²) in [6.45, 7) is 8.14. The Bertz CT molecular complexity index is 1030. The zero-order chi connectivity index (χ0) is 23.4. The van der Waals surface area contributed by atoms with Crippen molar-refractivity contribution < 1.29 is 19.7 Å². The topological polar surface area (TPSA) is 101 Å². The molecule has 1 fully saturated rings. The van der Waals surface area contributed by atoms with Crippen molar-refractivity contribution in [3.8, 4) is 0 Å². The summed E-state index contributed by atoms with van der Waals surface area (Å²) in [5, 5.41) is 28.4. The molecule has 1 saturated heterocycles. The lowest BCUT2D eigenvalue weighted by Crippen LogP contribution is -2.45. The molecule has 2 N–H and O–H groups in total. The summed E-state index contributed by atoms with van der Waals surface area (Å²) in [4.78, 5) is 15.3. The average Bonchev–Trinajstić information content (AvgIpc) is 3.32. The quantitative estimate of drug-likeness (QED) is 0.624. The molecule has 2 aromatic rings. The molecule has 8 nitrogen and oxygen atoms in total. The predicted molar refractivity (Wildman–Crippen MR) is 123 cm³/mol. The Balaban J connectivity index is 1.70. The van der Waals surface area contributed by atoms with Crippen LogP contribution < -0.4 is 4.90 Å². The number of rotatable bonds is 6. The molecule has 2 aliphatic heterocycles. The summed E-state index contributed by atoms with van der Waals surface area (Å²) in [6.07, 6.45) is 2.49. The van der Waals surface area contributed by atoms with Crippen LogP contribution in [0.2, 0.25) is 0 Å².